The van der Waals surface area contributed by atoms with Crippen LogP contribution in [0.1, 0.15) is 18.4 Å². The minimum atomic E-state index is -0.757. The van der Waals surface area contributed by atoms with Crippen LogP contribution in [0.2, 0.25) is 5.02 Å². The summed E-state index contributed by atoms with van der Waals surface area (Å²) in [4.78, 5) is 26.9. The number of aromatic nitrogens is 3. The lowest BCUT2D eigenvalue weighted by Gasteiger charge is -2.32. The summed E-state index contributed by atoms with van der Waals surface area (Å²) in [5, 5.41) is 14.0. The Morgan fingerprint density at radius 2 is 2.14 bits per heavy atom. The van der Waals surface area contributed by atoms with Gasteiger partial charge in [0.1, 0.15) is 5.82 Å². The molecule has 3 heterocycles. The third-order valence-electron chi connectivity index (χ3n) is 4.95. The number of carboxylic acids is 1. The fourth-order valence-electron chi connectivity index (χ4n) is 3.47. The molecule has 0 amide bonds. The number of halogens is 1. The van der Waals surface area contributed by atoms with Crippen LogP contribution in [0.15, 0.2) is 42.7 Å². The lowest BCUT2D eigenvalue weighted by molar-refractivity contribution is -0.141. The molecule has 0 bridgehead atoms. The highest BCUT2D eigenvalue weighted by atomic mass is 35.5. The molecule has 4 rings (SSSR count). The molecule has 28 heavy (non-hydrogen) atoms. The van der Waals surface area contributed by atoms with Crippen molar-refractivity contribution >= 4 is 40.2 Å². The van der Waals surface area contributed by atoms with E-state index in [1.165, 1.54) is 0 Å². The van der Waals surface area contributed by atoms with Gasteiger partial charge in [-0.1, -0.05) is 29.8 Å². The second kappa shape index (κ2) is 7.98. The van der Waals surface area contributed by atoms with E-state index in [1.54, 1.807) is 12.4 Å². The van der Waals surface area contributed by atoms with Crippen LogP contribution in [0, 0.1) is 5.92 Å². The minimum absolute atomic E-state index is 0.372. The van der Waals surface area contributed by atoms with Crippen molar-refractivity contribution in [3.05, 3.63) is 53.3 Å². The monoisotopic (exact) mass is 397 g/mol. The van der Waals surface area contributed by atoms with E-state index in [0.717, 1.165) is 35.2 Å². The van der Waals surface area contributed by atoms with Gasteiger partial charge in [-0.15, -0.1) is 0 Å². The first-order valence-corrected chi connectivity index (χ1v) is 9.56. The fourth-order valence-corrected chi connectivity index (χ4v) is 3.67. The first-order chi connectivity index (χ1) is 13.6. The third kappa shape index (κ3) is 3.84. The van der Waals surface area contributed by atoms with Gasteiger partial charge < -0.3 is 15.3 Å². The number of pyridine rings is 1. The van der Waals surface area contributed by atoms with Gasteiger partial charge in [0.2, 0.25) is 5.95 Å². The molecule has 0 aliphatic carbocycles. The molecular weight excluding hydrogens is 378 g/mol. The maximum atomic E-state index is 11.4. The Labute approximate surface area is 167 Å². The topological polar surface area (TPSA) is 91.2 Å². The van der Waals surface area contributed by atoms with Crippen molar-refractivity contribution in [2.24, 2.45) is 5.92 Å². The van der Waals surface area contributed by atoms with Crippen LogP contribution in [0.25, 0.3) is 10.9 Å². The van der Waals surface area contributed by atoms with Gasteiger partial charge in [-0.05, 0) is 30.5 Å². The Hall–Kier alpha value is -2.93. The smallest absolute Gasteiger partial charge is 0.308 e. The molecule has 3 aromatic rings. The number of rotatable bonds is 5. The summed E-state index contributed by atoms with van der Waals surface area (Å²) >= 11 is 6.19. The number of piperidine rings is 1. The van der Waals surface area contributed by atoms with Crippen LogP contribution in [0.4, 0.5) is 11.8 Å². The Balaban J connectivity index is 1.56. The van der Waals surface area contributed by atoms with Gasteiger partial charge in [0.05, 0.1) is 16.8 Å². The Bertz CT molecular complexity index is 1010. The molecule has 0 spiro atoms. The van der Waals surface area contributed by atoms with Crippen molar-refractivity contribution in [1.82, 2.24) is 15.0 Å². The van der Waals surface area contributed by atoms with Crippen molar-refractivity contribution in [2.75, 3.05) is 23.3 Å². The van der Waals surface area contributed by atoms with E-state index in [1.807, 2.05) is 35.2 Å². The lowest BCUT2D eigenvalue weighted by Crippen LogP contribution is -2.39. The van der Waals surface area contributed by atoms with E-state index < -0.39 is 5.97 Å². The van der Waals surface area contributed by atoms with Crippen LogP contribution >= 0.6 is 11.6 Å². The summed E-state index contributed by atoms with van der Waals surface area (Å²) in [5.74, 6) is 0.114. The summed E-state index contributed by atoms with van der Waals surface area (Å²) in [6.45, 7) is 1.76. The zero-order chi connectivity index (χ0) is 19.5. The summed E-state index contributed by atoms with van der Waals surface area (Å²) in [7, 11) is 0. The number of hydrogen-bond donors (Lipinski definition) is 2. The second-order valence-electron chi connectivity index (χ2n) is 6.83. The average molecular weight is 398 g/mol. The van der Waals surface area contributed by atoms with Crippen molar-refractivity contribution in [1.29, 1.82) is 0 Å². The molecule has 1 aliphatic heterocycles. The maximum absolute atomic E-state index is 11.4. The number of carboxylic acid groups (broad SMARTS) is 1. The molecule has 1 fully saturated rings. The number of nitrogens with zero attached hydrogens (tertiary/aromatic N) is 4. The summed E-state index contributed by atoms with van der Waals surface area (Å²) in [5.41, 5.74) is 1.73. The number of anilines is 2. The van der Waals surface area contributed by atoms with E-state index in [0.29, 0.717) is 30.5 Å². The van der Waals surface area contributed by atoms with Gasteiger partial charge >= 0.3 is 5.97 Å². The highest BCUT2D eigenvalue weighted by molar-refractivity contribution is 6.31. The van der Waals surface area contributed by atoms with E-state index in [4.69, 9.17) is 11.6 Å². The van der Waals surface area contributed by atoms with Crippen LogP contribution in [0.3, 0.4) is 0 Å². The zero-order valence-corrected chi connectivity index (χ0v) is 15.9. The molecule has 1 saturated heterocycles. The predicted octanol–water partition coefficient (Wildman–Crippen LogP) is 3.59. The van der Waals surface area contributed by atoms with Gasteiger partial charge in [0.25, 0.3) is 0 Å². The number of benzene rings is 1. The normalized spacial score (nSPS) is 16.9. The van der Waals surface area contributed by atoms with Gasteiger partial charge in [-0.3, -0.25) is 4.79 Å². The maximum Gasteiger partial charge on any atom is 0.308 e. The highest BCUT2D eigenvalue weighted by Crippen LogP contribution is 2.28. The molecule has 1 unspecified atom stereocenters. The molecule has 2 N–H and O–H groups in total. The fraction of sp³-hybridized carbons (Fsp3) is 0.300. The summed E-state index contributed by atoms with van der Waals surface area (Å²) in [6, 6.07) is 9.46. The van der Waals surface area contributed by atoms with Gasteiger partial charge in [0.15, 0.2) is 0 Å². The van der Waals surface area contributed by atoms with Gasteiger partial charge in [-0.2, -0.15) is 0 Å². The minimum Gasteiger partial charge on any atom is -0.481 e. The average Bonchev–Trinajstić information content (AvgIpc) is 2.72. The largest absolute Gasteiger partial charge is 0.481 e. The number of hydrogen-bond acceptors (Lipinski definition) is 6. The quantitative estimate of drug-likeness (QED) is 0.679. The SMILES string of the molecule is O=C(O)C1CCCN(c2nccc3nc(NCc4ccccc4Cl)ncc23)C1. The van der Waals surface area contributed by atoms with Gasteiger partial charge in [0, 0.05) is 37.1 Å². The second-order valence-corrected chi connectivity index (χ2v) is 7.24. The number of carbonyl (C=O) groups is 1. The van der Waals surface area contributed by atoms with Crippen LogP contribution in [-0.4, -0.2) is 39.1 Å². The molecule has 1 atom stereocenters. The molecule has 0 radical (unpaired) electrons. The van der Waals surface area contributed by atoms with E-state index in [9.17, 15) is 9.90 Å². The number of nitrogens with one attached hydrogen (secondary N) is 1. The van der Waals surface area contributed by atoms with Crippen molar-refractivity contribution in [3.63, 3.8) is 0 Å². The van der Waals surface area contributed by atoms with Crippen molar-refractivity contribution in [3.8, 4) is 0 Å². The molecule has 144 valence electrons. The first kappa shape index (κ1) is 18.4. The Kier molecular flexibility index (Phi) is 5.25. The van der Waals surface area contributed by atoms with E-state index in [2.05, 4.69) is 20.3 Å². The molecular formula is C20H20ClN5O2. The van der Waals surface area contributed by atoms with Crippen LogP contribution in [-0.2, 0) is 11.3 Å². The predicted molar refractivity (Wildman–Crippen MR) is 109 cm³/mol. The molecule has 1 aliphatic rings. The van der Waals surface area contributed by atoms with Crippen molar-refractivity contribution in [2.45, 2.75) is 19.4 Å². The Morgan fingerprint density at radius 3 is 2.96 bits per heavy atom. The standard InChI is InChI=1S/C20H20ClN5O2/c21-16-6-2-1-4-13(16)10-23-20-24-11-15-17(25-20)7-8-22-18(15)26-9-3-5-14(12-26)19(27)28/h1-2,4,6-8,11,14H,3,5,9-10,12H2,(H,27,28)(H,23,24,25). The highest BCUT2D eigenvalue weighted by Gasteiger charge is 2.27. The summed E-state index contributed by atoms with van der Waals surface area (Å²) < 4.78 is 0. The third-order valence-corrected chi connectivity index (χ3v) is 5.32. The molecule has 8 heteroatoms. The first-order valence-electron chi connectivity index (χ1n) is 9.18. The number of fused-ring (bicyclic) bond motifs is 1. The van der Waals surface area contributed by atoms with E-state index >= 15 is 0 Å². The molecule has 1 aromatic carbocycles. The zero-order valence-electron chi connectivity index (χ0n) is 15.2. The number of aliphatic carboxylic acids is 1. The van der Waals surface area contributed by atoms with Crippen LogP contribution < -0.4 is 10.2 Å². The van der Waals surface area contributed by atoms with E-state index in [-0.39, 0.29) is 5.92 Å². The summed E-state index contributed by atoms with van der Waals surface area (Å²) in [6.07, 6.45) is 4.97. The lowest BCUT2D eigenvalue weighted by atomic mass is 9.98. The van der Waals surface area contributed by atoms with Gasteiger partial charge in [-0.25, -0.2) is 15.0 Å². The Morgan fingerprint density at radius 1 is 1.29 bits per heavy atom. The van der Waals surface area contributed by atoms with Crippen LogP contribution in [0.5, 0.6) is 0 Å². The van der Waals surface area contributed by atoms with Crippen molar-refractivity contribution < 1.29 is 9.90 Å². The molecule has 0 saturated carbocycles. The molecule has 7 nitrogen and oxygen atoms in total. The molecule has 2 aromatic heterocycles.